The van der Waals surface area contributed by atoms with Gasteiger partial charge in [0.2, 0.25) is 5.91 Å². The number of aliphatic imine (C=N–C) groups is 1. The van der Waals surface area contributed by atoms with Crippen LogP contribution >= 0.6 is 0 Å². The van der Waals surface area contributed by atoms with E-state index in [1.807, 2.05) is 39.0 Å². The van der Waals surface area contributed by atoms with Crippen molar-refractivity contribution in [1.29, 1.82) is 0 Å². The van der Waals surface area contributed by atoms with Crippen molar-refractivity contribution < 1.29 is 4.79 Å². The molecule has 1 aromatic heterocycles. The van der Waals surface area contributed by atoms with Gasteiger partial charge >= 0.3 is 0 Å². The molecular weight excluding hydrogens is 266 g/mol. The van der Waals surface area contributed by atoms with E-state index in [0.717, 1.165) is 12.1 Å². The second-order valence-electron chi connectivity index (χ2n) is 5.72. The predicted molar refractivity (Wildman–Crippen MR) is 85.2 cm³/mol. The van der Waals surface area contributed by atoms with Gasteiger partial charge in [0.05, 0.1) is 6.54 Å². The van der Waals surface area contributed by atoms with Gasteiger partial charge in [-0.25, -0.2) is 0 Å². The molecule has 0 saturated carbocycles. The topological polar surface area (TPSA) is 78.4 Å². The Morgan fingerprint density at radius 1 is 1.29 bits per heavy atom. The largest absolute Gasteiger partial charge is 0.356 e. The predicted octanol–water partition coefficient (Wildman–Crippen LogP) is 0.704. The molecule has 0 aliphatic carbocycles. The number of carbonyl (C=O) groups is 1. The lowest BCUT2D eigenvalue weighted by Gasteiger charge is -2.21. The molecule has 1 amide bonds. The monoisotopic (exact) mass is 291 g/mol. The van der Waals surface area contributed by atoms with Crippen LogP contribution in [-0.2, 0) is 11.2 Å². The molecule has 116 valence electrons. The highest BCUT2D eigenvalue weighted by molar-refractivity contribution is 5.86. The van der Waals surface area contributed by atoms with Crippen LogP contribution in [0.1, 0.15) is 26.5 Å². The lowest BCUT2D eigenvalue weighted by molar-refractivity contribution is -0.121. The molecular formula is C15H25N5O. The number of hydrogen-bond acceptors (Lipinski definition) is 3. The van der Waals surface area contributed by atoms with Gasteiger partial charge in [-0.2, -0.15) is 0 Å². The van der Waals surface area contributed by atoms with Gasteiger partial charge in [-0.1, -0.05) is 6.07 Å². The number of amides is 1. The number of hydrogen-bond donors (Lipinski definition) is 3. The molecule has 0 saturated heterocycles. The van der Waals surface area contributed by atoms with Crippen LogP contribution in [0, 0.1) is 0 Å². The average molecular weight is 291 g/mol. The van der Waals surface area contributed by atoms with E-state index < -0.39 is 0 Å². The summed E-state index contributed by atoms with van der Waals surface area (Å²) in [5, 5.41) is 9.03. The molecule has 21 heavy (non-hydrogen) atoms. The van der Waals surface area contributed by atoms with Crippen molar-refractivity contribution >= 4 is 11.9 Å². The maximum Gasteiger partial charge on any atom is 0.239 e. The quantitative estimate of drug-likeness (QED) is 0.551. The highest BCUT2D eigenvalue weighted by Crippen LogP contribution is 1.97. The van der Waals surface area contributed by atoms with Crippen molar-refractivity contribution in [2.45, 2.75) is 32.7 Å². The first-order valence-corrected chi connectivity index (χ1v) is 7.06. The molecule has 1 heterocycles. The first-order chi connectivity index (χ1) is 9.90. The second kappa shape index (κ2) is 8.24. The maximum atomic E-state index is 11.7. The fourth-order valence-corrected chi connectivity index (χ4v) is 1.70. The minimum Gasteiger partial charge on any atom is -0.356 e. The molecule has 0 unspecified atom stereocenters. The van der Waals surface area contributed by atoms with Crippen LogP contribution in [0.3, 0.4) is 0 Å². The number of pyridine rings is 1. The summed E-state index contributed by atoms with van der Waals surface area (Å²) in [7, 11) is 1.68. The average Bonchev–Trinajstić information content (AvgIpc) is 2.42. The first-order valence-electron chi connectivity index (χ1n) is 7.06. The number of carbonyl (C=O) groups excluding carboxylic acids is 1. The zero-order valence-corrected chi connectivity index (χ0v) is 13.2. The molecule has 3 N–H and O–H groups in total. The molecule has 0 aliphatic heterocycles. The van der Waals surface area contributed by atoms with Gasteiger partial charge in [-0.05, 0) is 32.9 Å². The zero-order chi connectivity index (χ0) is 15.7. The molecule has 1 aromatic rings. The lowest BCUT2D eigenvalue weighted by Crippen LogP contribution is -2.48. The van der Waals surface area contributed by atoms with E-state index in [4.69, 9.17) is 0 Å². The smallest absolute Gasteiger partial charge is 0.239 e. The van der Waals surface area contributed by atoms with Crippen LogP contribution in [0.15, 0.2) is 29.4 Å². The van der Waals surface area contributed by atoms with Crippen LogP contribution in [0.2, 0.25) is 0 Å². The minimum absolute atomic E-state index is 0.0600. The minimum atomic E-state index is -0.227. The molecule has 1 rings (SSSR count). The first kappa shape index (κ1) is 16.9. The molecule has 0 bridgehead atoms. The van der Waals surface area contributed by atoms with Crippen molar-refractivity contribution in [3.05, 3.63) is 30.1 Å². The maximum absolute atomic E-state index is 11.7. The third-order valence-electron chi connectivity index (χ3n) is 2.55. The Bertz CT molecular complexity index is 465. The Hall–Kier alpha value is -2.11. The van der Waals surface area contributed by atoms with E-state index in [9.17, 15) is 4.79 Å². The molecule has 6 nitrogen and oxygen atoms in total. The summed E-state index contributed by atoms with van der Waals surface area (Å²) in [6, 6.07) is 5.84. The third-order valence-corrected chi connectivity index (χ3v) is 2.55. The molecule has 0 spiro atoms. The van der Waals surface area contributed by atoms with Crippen LogP contribution in [0.4, 0.5) is 0 Å². The summed E-state index contributed by atoms with van der Waals surface area (Å²) < 4.78 is 0. The Labute approximate surface area is 126 Å². The molecule has 0 aromatic carbocycles. The number of guanidine groups is 1. The summed E-state index contributed by atoms with van der Waals surface area (Å²) in [5.41, 5.74) is 0.792. The van der Waals surface area contributed by atoms with Crippen molar-refractivity contribution in [3.63, 3.8) is 0 Å². The fraction of sp³-hybridized carbons (Fsp3) is 0.533. The lowest BCUT2D eigenvalue weighted by atomic mass is 10.1. The van der Waals surface area contributed by atoms with Crippen molar-refractivity contribution in [3.8, 4) is 0 Å². The van der Waals surface area contributed by atoms with Crippen molar-refractivity contribution in [2.75, 3.05) is 20.1 Å². The van der Waals surface area contributed by atoms with Crippen LogP contribution in [-0.4, -0.2) is 42.5 Å². The highest BCUT2D eigenvalue weighted by Gasteiger charge is 2.13. The van der Waals surface area contributed by atoms with E-state index >= 15 is 0 Å². The summed E-state index contributed by atoms with van der Waals surface area (Å²) >= 11 is 0. The van der Waals surface area contributed by atoms with Gasteiger partial charge in [0.25, 0.3) is 0 Å². The fourth-order valence-electron chi connectivity index (χ4n) is 1.70. The van der Waals surface area contributed by atoms with Gasteiger partial charge in [-0.3, -0.25) is 14.8 Å². The van der Waals surface area contributed by atoms with Gasteiger partial charge in [0, 0.05) is 37.4 Å². The number of rotatable bonds is 5. The molecule has 6 heteroatoms. The van der Waals surface area contributed by atoms with E-state index in [-0.39, 0.29) is 18.0 Å². The van der Waals surface area contributed by atoms with E-state index in [2.05, 4.69) is 25.9 Å². The number of nitrogens with one attached hydrogen (secondary N) is 3. The van der Waals surface area contributed by atoms with E-state index in [0.29, 0.717) is 12.5 Å². The molecule has 0 aliphatic rings. The van der Waals surface area contributed by atoms with Gasteiger partial charge < -0.3 is 16.0 Å². The molecule has 0 fully saturated rings. The van der Waals surface area contributed by atoms with Crippen LogP contribution < -0.4 is 16.0 Å². The summed E-state index contributed by atoms with van der Waals surface area (Å²) in [6.07, 6.45) is 2.58. The van der Waals surface area contributed by atoms with E-state index in [1.165, 1.54) is 0 Å². The van der Waals surface area contributed by atoms with Gasteiger partial charge in [0.1, 0.15) is 0 Å². The Morgan fingerprint density at radius 2 is 2.05 bits per heavy atom. The summed E-state index contributed by atoms with van der Waals surface area (Å²) in [5.74, 6) is 0.546. The van der Waals surface area contributed by atoms with Gasteiger partial charge in [-0.15, -0.1) is 0 Å². The van der Waals surface area contributed by atoms with Crippen LogP contribution in [0.5, 0.6) is 0 Å². The van der Waals surface area contributed by atoms with E-state index in [1.54, 1.807) is 13.2 Å². The molecule has 0 radical (unpaired) electrons. The van der Waals surface area contributed by atoms with Crippen LogP contribution in [0.25, 0.3) is 0 Å². The zero-order valence-electron chi connectivity index (χ0n) is 13.2. The Kier molecular flexibility index (Phi) is 6.65. The van der Waals surface area contributed by atoms with Gasteiger partial charge in [0.15, 0.2) is 5.96 Å². The Balaban J connectivity index is 2.28. The number of aromatic nitrogens is 1. The van der Waals surface area contributed by atoms with Crippen molar-refractivity contribution in [1.82, 2.24) is 20.9 Å². The number of nitrogens with zero attached hydrogens (tertiary/aromatic N) is 2. The normalized spacial score (nSPS) is 11.9. The second-order valence-corrected chi connectivity index (χ2v) is 5.72. The molecule has 0 atom stereocenters. The standard InChI is InChI=1S/C15H25N5O/c1-15(2,3)20-13(21)11-19-14(16-4)18-10-8-12-7-5-6-9-17-12/h5-7,9H,8,10-11H2,1-4H3,(H,20,21)(H2,16,18,19). The highest BCUT2D eigenvalue weighted by atomic mass is 16.2. The third kappa shape index (κ3) is 7.91. The SMILES string of the molecule is CN=C(NCCc1ccccn1)NCC(=O)NC(C)(C)C. The Morgan fingerprint density at radius 3 is 2.62 bits per heavy atom. The summed E-state index contributed by atoms with van der Waals surface area (Å²) in [4.78, 5) is 20.0. The summed E-state index contributed by atoms with van der Waals surface area (Å²) in [6.45, 7) is 6.75. The van der Waals surface area contributed by atoms with Crippen molar-refractivity contribution in [2.24, 2.45) is 4.99 Å².